The van der Waals surface area contributed by atoms with Gasteiger partial charge in [-0.05, 0) is 74.1 Å². The largest absolute Gasteiger partial charge is 0.326 e. The maximum atomic E-state index is 12.6. The van der Waals surface area contributed by atoms with E-state index in [1.807, 2.05) is 26.0 Å². The van der Waals surface area contributed by atoms with E-state index >= 15 is 0 Å². The summed E-state index contributed by atoms with van der Waals surface area (Å²) >= 11 is 3.46. The zero-order valence-electron chi connectivity index (χ0n) is 17.5. The Hall–Kier alpha value is -1.70. The molecular formula is C23H29BrN2O3S. The van der Waals surface area contributed by atoms with Crippen LogP contribution in [0.1, 0.15) is 55.2 Å². The van der Waals surface area contributed by atoms with Crippen LogP contribution in [0.4, 0.5) is 5.69 Å². The minimum atomic E-state index is -3.49. The van der Waals surface area contributed by atoms with Gasteiger partial charge in [0.05, 0.1) is 4.90 Å². The topological polar surface area (TPSA) is 75.3 Å². The Morgan fingerprint density at radius 2 is 1.63 bits per heavy atom. The van der Waals surface area contributed by atoms with E-state index in [0.29, 0.717) is 12.8 Å². The average Bonchev–Trinajstić information content (AvgIpc) is 2.70. The normalized spacial score (nSPS) is 15.2. The molecule has 1 amide bonds. The van der Waals surface area contributed by atoms with Crippen molar-refractivity contribution >= 4 is 37.5 Å². The first-order valence-electron chi connectivity index (χ1n) is 10.4. The Bertz CT molecular complexity index is 975. The number of rotatable bonds is 7. The molecule has 7 heteroatoms. The number of sulfonamides is 1. The highest BCUT2D eigenvalue weighted by Crippen LogP contribution is 2.25. The summed E-state index contributed by atoms with van der Waals surface area (Å²) in [6.45, 7) is 3.93. The fourth-order valence-corrected chi connectivity index (χ4v) is 5.90. The number of hydrogen-bond acceptors (Lipinski definition) is 3. The van der Waals surface area contributed by atoms with Gasteiger partial charge in [-0.3, -0.25) is 4.79 Å². The van der Waals surface area contributed by atoms with Gasteiger partial charge in [-0.1, -0.05) is 47.3 Å². The number of aryl methyl sites for hydroxylation is 3. The van der Waals surface area contributed by atoms with Crippen molar-refractivity contribution in [3.63, 3.8) is 0 Å². The lowest BCUT2D eigenvalue weighted by Gasteiger charge is -2.22. The molecule has 0 unspecified atom stereocenters. The number of amides is 1. The number of carbonyl (C=O) groups is 1. The molecule has 1 aliphatic rings. The van der Waals surface area contributed by atoms with Gasteiger partial charge in [0, 0.05) is 22.6 Å². The molecule has 3 rings (SSSR count). The summed E-state index contributed by atoms with van der Waals surface area (Å²) in [7, 11) is -3.49. The second-order valence-corrected chi connectivity index (χ2v) is 10.7. The third kappa shape index (κ3) is 6.15. The molecule has 30 heavy (non-hydrogen) atoms. The maximum absolute atomic E-state index is 12.6. The third-order valence-corrected chi connectivity index (χ3v) is 7.56. The molecule has 0 heterocycles. The van der Waals surface area contributed by atoms with Crippen molar-refractivity contribution in [2.45, 2.75) is 69.7 Å². The van der Waals surface area contributed by atoms with E-state index in [-0.39, 0.29) is 16.8 Å². The third-order valence-electron chi connectivity index (χ3n) is 5.56. The molecule has 2 aromatic rings. The zero-order chi connectivity index (χ0) is 21.7. The van der Waals surface area contributed by atoms with Crippen LogP contribution in [0.5, 0.6) is 0 Å². The monoisotopic (exact) mass is 492 g/mol. The van der Waals surface area contributed by atoms with E-state index in [1.54, 1.807) is 24.3 Å². The van der Waals surface area contributed by atoms with Crippen LogP contribution in [-0.4, -0.2) is 20.4 Å². The van der Waals surface area contributed by atoms with Crippen molar-refractivity contribution in [3.05, 3.63) is 57.6 Å². The standard InChI is InChI=1S/C23H29BrN2O3S/c1-16-14-19(24)15-17(2)23(16)25-22(27)13-10-18-8-11-21(12-9-18)30(28,29)26-20-6-4-3-5-7-20/h8-9,11-12,14-15,20,26H,3-7,10,13H2,1-2H3,(H,25,27). The molecular weight excluding hydrogens is 464 g/mol. The van der Waals surface area contributed by atoms with Crippen LogP contribution in [0, 0.1) is 13.8 Å². The van der Waals surface area contributed by atoms with Crippen LogP contribution in [0.25, 0.3) is 0 Å². The van der Waals surface area contributed by atoms with Crippen LogP contribution in [0.15, 0.2) is 45.8 Å². The van der Waals surface area contributed by atoms with Crippen molar-refractivity contribution < 1.29 is 13.2 Å². The molecule has 2 N–H and O–H groups in total. The molecule has 1 aliphatic carbocycles. The number of halogens is 1. The molecule has 162 valence electrons. The average molecular weight is 493 g/mol. The van der Waals surface area contributed by atoms with Crippen molar-refractivity contribution in [2.24, 2.45) is 0 Å². The molecule has 0 saturated heterocycles. The van der Waals surface area contributed by atoms with Crippen LogP contribution < -0.4 is 10.0 Å². The molecule has 1 saturated carbocycles. The molecule has 0 aliphatic heterocycles. The quantitative estimate of drug-likeness (QED) is 0.554. The summed E-state index contributed by atoms with van der Waals surface area (Å²) in [5.41, 5.74) is 3.80. The van der Waals surface area contributed by atoms with Crippen molar-refractivity contribution in [2.75, 3.05) is 5.32 Å². The predicted molar refractivity (Wildman–Crippen MR) is 124 cm³/mol. The lowest BCUT2D eigenvalue weighted by molar-refractivity contribution is -0.116. The molecule has 0 aromatic heterocycles. The fourth-order valence-electron chi connectivity index (χ4n) is 3.91. The molecule has 0 radical (unpaired) electrons. The van der Waals surface area contributed by atoms with Crippen LogP contribution in [-0.2, 0) is 21.2 Å². The number of benzene rings is 2. The number of carbonyl (C=O) groups excluding carboxylic acids is 1. The number of hydrogen-bond donors (Lipinski definition) is 2. The maximum Gasteiger partial charge on any atom is 0.240 e. The summed E-state index contributed by atoms with van der Waals surface area (Å²) in [4.78, 5) is 12.7. The summed E-state index contributed by atoms with van der Waals surface area (Å²) in [5.74, 6) is -0.0563. The van der Waals surface area contributed by atoms with Gasteiger partial charge >= 0.3 is 0 Å². The summed E-state index contributed by atoms with van der Waals surface area (Å²) in [5, 5.41) is 2.99. The van der Waals surface area contributed by atoms with E-state index in [1.165, 1.54) is 6.42 Å². The van der Waals surface area contributed by atoms with Gasteiger partial charge in [-0.15, -0.1) is 0 Å². The van der Waals surface area contributed by atoms with Gasteiger partial charge in [0.1, 0.15) is 0 Å². The second-order valence-electron chi connectivity index (χ2n) is 8.06. The molecule has 2 aromatic carbocycles. The summed E-state index contributed by atoms with van der Waals surface area (Å²) in [6.07, 6.45) is 6.04. The van der Waals surface area contributed by atoms with Gasteiger partial charge in [0.15, 0.2) is 0 Å². The fraction of sp³-hybridized carbons (Fsp3) is 0.435. The summed E-state index contributed by atoms with van der Waals surface area (Å²) < 4.78 is 29.0. The minimum Gasteiger partial charge on any atom is -0.326 e. The van der Waals surface area contributed by atoms with E-state index < -0.39 is 10.0 Å². The highest BCUT2D eigenvalue weighted by Gasteiger charge is 2.21. The number of nitrogens with one attached hydrogen (secondary N) is 2. The first-order valence-corrected chi connectivity index (χ1v) is 12.7. The smallest absolute Gasteiger partial charge is 0.240 e. The molecule has 5 nitrogen and oxygen atoms in total. The molecule has 0 spiro atoms. The van der Waals surface area contributed by atoms with Gasteiger partial charge in [0.25, 0.3) is 0 Å². The Balaban J connectivity index is 1.56. The van der Waals surface area contributed by atoms with Crippen LogP contribution in [0.2, 0.25) is 0 Å². The molecule has 1 fully saturated rings. The predicted octanol–water partition coefficient (Wildman–Crippen LogP) is 5.25. The van der Waals surface area contributed by atoms with E-state index in [9.17, 15) is 13.2 Å². The lowest BCUT2D eigenvalue weighted by atomic mass is 9.96. The van der Waals surface area contributed by atoms with Gasteiger partial charge in [-0.2, -0.15) is 0 Å². The van der Waals surface area contributed by atoms with Crippen molar-refractivity contribution in [1.29, 1.82) is 0 Å². The minimum absolute atomic E-state index is 0.0395. The highest BCUT2D eigenvalue weighted by molar-refractivity contribution is 9.10. The zero-order valence-corrected chi connectivity index (χ0v) is 19.9. The van der Waals surface area contributed by atoms with Gasteiger partial charge in [-0.25, -0.2) is 13.1 Å². The Morgan fingerprint density at radius 3 is 2.23 bits per heavy atom. The van der Waals surface area contributed by atoms with Gasteiger partial charge < -0.3 is 5.32 Å². The van der Waals surface area contributed by atoms with E-state index in [2.05, 4.69) is 26.0 Å². The Labute approximate surface area is 187 Å². The second kappa shape index (κ2) is 10.1. The van der Waals surface area contributed by atoms with Crippen molar-refractivity contribution in [1.82, 2.24) is 4.72 Å². The summed E-state index contributed by atoms with van der Waals surface area (Å²) in [6, 6.07) is 10.8. The lowest BCUT2D eigenvalue weighted by Crippen LogP contribution is -2.36. The Kier molecular flexibility index (Phi) is 7.71. The number of anilines is 1. The Morgan fingerprint density at radius 1 is 1.03 bits per heavy atom. The van der Waals surface area contributed by atoms with E-state index in [4.69, 9.17) is 0 Å². The molecule has 0 atom stereocenters. The SMILES string of the molecule is Cc1cc(Br)cc(C)c1NC(=O)CCc1ccc(S(=O)(=O)NC2CCCCC2)cc1. The van der Waals surface area contributed by atoms with Crippen LogP contribution >= 0.6 is 15.9 Å². The first kappa shape index (κ1) is 23.0. The van der Waals surface area contributed by atoms with Crippen LogP contribution in [0.3, 0.4) is 0 Å². The van der Waals surface area contributed by atoms with Crippen molar-refractivity contribution in [3.8, 4) is 0 Å². The van der Waals surface area contributed by atoms with E-state index in [0.717, 1.165) is 52.5 Å². The van der Waals surface area contributed by atoms with Gasteiger partial charge in [0.2, 0.25) is 15.9 Å². The molecule has 0 bridgehead atoms. The highest BCUT2D eigenvalue weighted by atomic mass is 79.9. The first-order chi connectivity index (χ1) is 14.2.